The standard InChI is InChI=1S/C15H20N4OS/c1-10-4-6-19(7-5-10)14(20)9-21-15-13(8-16)11(2)17-12(3)18-15/h10H,4-7,9H2,1-3H3. The average molecular weight is 304 g/mol. The van der Waals surface area contributed by atoms with E-state index < -0.39 is 0 Å². The molecule has 112 valence electrons. The number of nitriles is 1. The van der Waals surface area contributed by atoms with Crippen LogP contribution in [0, 0.1) is 31.1 Å². The number of aryl methyl sites for hydroxylation is 2. The number of rotatable bonds is 3. The largest absolute Gasteiger partial charge is 0.342 e. The molecule has 6 heteroatoms. The average Bonchev–Trinajstić information content (AvgIpc) is 2.45. The van der Waals surface area contributed by atoms with Crippen molar-refractivity contribution in [2.45, 2.75) is 38.6 Å². The first-order chi connectivity index (χ1) is 10.0. The Balaban J connectivity index is 2.00. The number of thioether (sulfide) groups is 1. The zero-order valence-electron chi connectivity index (χ0n) is 12.7. The Morgan fingerprint density at radius 1 is 1.38 bits per heavy atom. The Hall–Kier alpha value is -1.61. The summed E-state index contributed by atoms with van der Waals surface area (Å²) < 4.78 is 0. The van der Waals surface area contributed by atoms with Crippen molar-refractivity contribution in [2.24, 2.45) is 5.92 Å². The molecule has 0 N–H and O–H groups in total. The summed E-state index contributed by atoms with van der Waals surface area (Å²) in [5, 5.41) is 9.81. The molecule has 1 amide bonds. The maximum atomic E-state index is 12.2. The topological polar surface area (TPSA) is 69.9 Å². The van der Waals surface area contributed by atoms with Crippen LogP contribution in [0.5, 0.6) is 0 Å². The van der Waals surface area contributed by atoms with Crippen molar-refractivity contribution in [2.75, 3.05) is 18.8 Å². The lowest BCUT2D eigenvalue weighted by Gasteiger charge is -2.30. The van der Waals surface area contributed by atoms with Gasteiger partial charge >= 0.3 is 0 Å². The van der Waals surface area contributed by atoms with Crippen LogP contribution in [0.15, 0.2) is 5.03 Å². The maximum absolute atomic E-state index is 12.2. The van der Waals surface area contributed by atoms with Crippen molar-refractivity contribution in [1.82, 2.24) is 14.9 Å². The molecule has 1 aromatic heterocycles. The Morgan fingerprint density at radius 3 is 2.67 bits per heavy atom. The molecule has 1 saturated heterocycles. The monoisotopic (exact) mass is 304 g/mol. The van der Waals surface area contributed by atoms with Gasteiger partial charge in [-0.05, 0) is 32.6 Å². The summed E-state index contributed by atoms with van der Waals surface area (Å²) in [6.45, 7) is 7.50. The van der Waals surface area contributed by atoms with Gasteiger partial charge in [0.25, 0.3) is 0 Å². The predicted molar refractivity (Wildman–Crippen MR) is 81.9 cm³/mol. The summed E-state index contributed by atoms with van der Waals surface area (Å²) in [6, 6.07) is 2.13. The van der Waals surface area contributed by atoms with E-state index in [0.29, 0.717) is 33.8 Å². The molecule has 0 bridgehead atoms. The highest BCUT2D eigenvalue weighted by Gasteiger charge is 2.21. The molecule has 0 aliphatic carbocycles. The minimum Gasteiger partial charge on any atom is -0.342 e. The third kappa shape index (κ3) is 3.94. The van der Waals surface area contributed by atoms with Crippen molar-refractivity contribution in [3.8, 4) is 6.07 Å². The number of likely N-dealkylation sites (tertiary alicyclic amines) is 1. The first-order valence-electron chi connectivity index (χ1n) is 7.17. The van der Waals surface area contributed by atoms with Crippen molar-refractivity contribution in [3.63, 3.8) is 0 Å². The van der Waals surface area contributed by atoms with Gasteiger partial charge in [-0.3, -0.25) is 4.79 Å². The number of amides is 1. The van der Waals surface area contributed by atoms with Crippen molar-refractivity contribution < 1.29 is 4.79 Å². The number of piperidine rings is 1. The van der Waals surface area contributed by atoms with Crippen LogP contribution in [0.1, 0.15) is 36.8 Å². The van der Waals surface area contributed by atoms with Gasteiger partial charge in [0.05, 0.1) is 11.4 Å². The Kier molecular flexibility index (Phi) is 5.18. The van der Waals surface area contributed by atoms with E-state index in [2.05, 4.69) is 23.0 Å². The van der Waals surface area contributed by atoms with Crippen molar-refractivity contribution in [1.29, 1.82) is 5.26 Å². The second-order valence-corrected chi connectivity index (χ2v) is 6.46. The predicted octanol–water partition coefficient (Wildman–Crippen LogP) is 2.32. The molecule has 1 aliphatic rings. The third-order valence-electron chi connectivity index (χ3n) is 3.75. The molecule has 0 radical (unpaired) electrons. The van der Waals surface area contributed by atoms with Crippen molar-refractivity contribution in [3.05, 3.63) is 17.1 Å². The van der Waals surface area contributed by atoms with Crippen LogP contribution in [-0.4, -0.2) is 39.6 Å². The molecule has 1 aliphatic heterocycles. The smallest absolute Gasteiger partial charge is 0.232 e. The molecule has 0 spiro atoms. The quantitative estimate of drug-likeness (QED) is 0.633. The van der Waals surface area contributed by atoms with Crippen LogP contribution in [0.4, 0.5) is 0 Å². The minimum absolute atomic E-state index is 0.129. The second-order valence-electron chi connectivity index (χ2n) is 5.50. The summed E-state index contributed by atoms with van der Waals surface area (Å²) in [7, 11) is 0. The molecule has 21 heavy (non-hydrogen) atoms. The van der Waals surface area contributed by atoms with Crippen LogP contribution in [0.3, 0.4) is 0 Å². The van der Waals surface area contributed by atoms with E-state index in [-0.39, 0.29) is 5.91 Å². The highest BCUT2D eigenvalue weighted by atomic mass is 32.2. The zero-order chi connectivity index (χ0) is 15.4. The molecule has 0 unspecified atom stereocenters. The SMILES string of the molecule is Cc1nc(C)c(C#N)c(SCC(=O)N2CCC(C)CC2)n1. The number of carbonyl (C=O) groups excluding carboxylic acids is 1. The highest BCUT2D eigenvalue weighted by Crippen LogP contribution is 2.23. The number of hydrogen-bond donors (Lipinski definition) is 0. The molecule has 1 aromatic rings. The van der Waals surface area contributed by atoms with Gasteiger partial charge in [-0.1, -0.05) is 18.7 Å². The van der Waals surface area contributed by atoms with Crippen LogP contribution in [0.2, 0.25) is 0 Å². The first-order valence-corrected chi connectivity index (χ1v) is 8.15. The molecular formula is C15H20N4OS. The molecule has 2 heterocycles. The van der Waals surface area contributed by atoms with Gasteiger partial charge < -0.3 is 4.90 Å². The lowest BCUT2D eigenvalue weighted by atomic mass is 9.99. The van der Waals surface area contributed by atoms with E-state index >= 15 is 0 Å². The number of carbonyl (C=O) groups is 1. The van der Waals surface area contributed by atoms with Gasteiger partial charge in [0.15, 0.2) is 0 Å². The van der Waals surface area contributed by atoms with E-state index in [1.807, 2.05) is 4.90 Å². The van der Waals surface area contributed by atoms with E-state index in [0.717, 1.165) is 25.9 Å². The van der Waals surface area contributed by atoms with Gasteiger partial charge in [0.1, 0.15) is 22.5 Å². The molecule has 5 nitrogen and oxygen atoms in total. The Labute approximate surface area is 129 Å². The van der Waals surface area contributed by atoms with Crippen LogP contribution >= 0.6 is 11.8 Å². The molecule has 0 saturated carbocycles. The molecule has 0 atom stereocenters. The Bertz CT molecular complexity index is 574. The van der Waals surface area contributed by atoms with Gasteiger partial charge in [-0.15, -0.1) is 0 Å². The van der Waals surface area contributed by atoms with Gasteiger partial charge in [-0.2, -0.15) is 5.26 Å². The first kappa shape index (κ1) is 15.8. The van der Waals surface area contributed by atoms with E-state index in [1.165, 1.54) is 11.8 Å². The molecular weight excluding hydrogens is 284 g/mol. The highest BCUT2D eigenvalue weighted by molar-refractivity contribution is 8.00. The fraction of sp³-hybridized carbons (Fsp3) is 0.600. The summed E-state index contributed by atoms with van der Waals surface area (Å²) in [4.78, 5) is 22.6. The zero-order valence-corrected chi connectivity index (χ0v) is 13.5. The second kappa shape index (κ2) is 6.90. The lowest BCUT2D eigenvalue weighted by molar-refractivity contribution is -0.129. The number of hydrogen-bond acceptors (Lipinski definition) is 5. The summed E-state index contributed by atoms with van der Waals surface area (Å²) >= 11 is 1.34. The van der Waals surface area contributed by atoms with E-state index in [9.17, 15) is 10.1 Å². The Morgan fingerprint density at radius 2 is 2.05 bits per heavy atom. The fourth-order valence-electron chi connectivity index (χ4n) is 2.39. The molecule has 1 fully saturated rings. The summed E-state index contributed by atoms with van der Waals surface area (Å²) in [6.07, 6.45) is 2.15. The van der Waals surface area contributed by atoms with E-state index in [4.69, 9.17) is 0 Å². The lowest BCUT2D eigenvalue weighted by Crippen LogP contribution is -2.38. The normalized spacial score (nSPS) is 15.8. The summed E-state index contributed by atoms with van der Waals surface area (Å²) in [5.41, 5.74) is 1.15. The number of aromatic nitrogens is 2. The molecule has 0 aromatic carbocycles. The van der Waals surface area contributed by atoms with Gasteiger partial charge in [-0.25, -0.2) is 9.97 Å². The third-order valence-corrected chi connectivity index (χ3v) is 4.71. The number of nitrogens with zero attached hydrogens (tertiary/aromatic N) is 4. The van der Waals surface area contributed by atoms with Crippen LogP contribution < -0.4 is 0 Å². The van der Waals surface area contributed by atoms with Crippen LogP contribution in [0.25, 0.3) is 0 Å². The van der Waals surface area contributed by atoms with Gasteiger partial charge in [0.2, 0.25) is 5.91 Å². The molecule has 2 rings (SSSR count). The van der Waals surface area contributed by atoms with Crippen molar-refractivity contribution >= 4 is 17.7 Å². The fourth-order valence-corrected chi connectivity index (χ4v) is 3.37. The van der Waals surface area contributed by atoms with Crippen LogP contribution in [-0.2, 0) is 4.79 Å². The van der Waals surface area contributed by atoms with Gasteiger partial charge in [0, 0.05) is 13.1 Å². The minimum atomic E-state index is 0.129. The summed E-state index contributed by atoms with van der Waals surface area (Å²) in [5.74, 6) is 1.80. The van der Waals surface area contributed by atoms with E-state index in [1.54, 1.807) is 13.8 Å². The maximum Gasteiger partial charge on any atom is 0.232 e.